The summed E-state index contributed by atoms with van der Waals surface area (Å²) in [6.45, 7) is 14.7. The van der Waals surface area contributed by atoms with Crippen molar-refractivity contribution in [3.63, 3.8) is 0 Å². The predicted molar refractivity (Wildman–Crippen MR) is 130 cm³/mol. The molecule has 0 aliphatic carbocycles. The number of halogens is 2. The minimum Gasteiger partial charge on any atom is -0.488 e. The van der Waals surface area contributed by atoms with Gasteiger partial charge in [-0.1, -0.05) is 39.8 Å². The van der Waals surface area contributed by atoms with Crippen LogP contribution in [-0.4, -0.2) is 38.4 Å². The minimum absolute atomic E-state index is 0.0474. The van der Waals surface area contributed by atoms with Gasteiger partial charge in [-0.25, -0.2) is 9.59 Å². The lowest BCUT2D eigenvalue weighted by atomic mass is 9.87. The summed E-state index contributed by atoms with van der Waals surface area (Å²) in [6, 6.07) is 4.11. The molecule has 0 saturated carbocycles. The highest BCUT2D eigenvalue weighted by Gasteiger charge is 2.17. The van der Waals surface area contributed by atoms with E-state index in [0.29, 0.717) is 17.6 Å². The van der Waals surface area contributed by atoms with E-state index < -0.39 is 12.1 Å². The summed E-state index contributed by atoms with van der Waals surface area (Å²) in [6.07, 6.45) is 0.451. The maximum atomic E-state index is 11.6. The molecule has 0 atom stereocenters. The van der Waals surface area contributed by atoms with Gasteiger partial charge >= 0.3 is 12.1 Å². The van der Waals surface area contributed by atoms with Crippen molar-refractivity contribution >= 4 is 49.5 Å². The number of hydrogen-bond acceptors (Lipinski definition) is 5. The molecule has 1 aromatic rings. The Hall–Kier alpha value is -1.80. The van der Waals surface area contributed by atoms with Crippen LogP contribution in [0.25, 0.3) is 5.57 Å². The molecule has 0 bridgehead atoms. The van der Waals surface area contributed by atoms with Crippen LogP contribution in [0.15, 0.2) is 39.3 Å². The normalized spacial score (nSPS) is 11.8. The van der Waals surface area contributed by atoms with E-state index >= 15 is 0 Å². The van der Waals surface area contributed by atoms with Crippen molar-refractivity contribution in [2.24, 2.45) is 11.8 Å². The molecule has 0 aliphatic rings. The van der Waals surface area contributed by atoms with Crippen LogP contribution in [0.5, 0.6) is 5.75 Å². The highest BCUT2D eigenvalue weighted by Crippen LogP contribution is 2.39. The first-order valence-corrected chi connectivity index (χ1v) is 11.7. The van der Waals surface area contributed by atoms with Crippen molar-refractivity contribution < 1.29 is 23.8 Å². The molecule has 31 heavy (non-hydrogen) atoms. The van der Waals surface area contributed by atoms with E-state index in [4.69, 9.17) is 14.2 Å². The Morgan fingerprint density at radius 3 is 2.16 bits per heavy atom. The lowest BCUT2D eigenvalue weighted by molar-refractivity contribution is -0.137. The molecule has 0 aromatic heterocycles. The third kappa shape index (κ3) is 9.07. The van der Waals surface area contributed by atoms with Crippen LogP contribution in [0.2, 0.25) is 0 Å². The Morgan fingerprint density at radius 2 is 1.65 bits per heavy atom. The monoisotopic (exact) mass is 559 g/mol. The maximum absolute atomic E-state index is 11.6. The van der Waals surface area contributed by atoms with Gasteiger partial charge in [0, 0.05) is 6.08 Å². The number of rotatable bonds is 11. The second kappa shape index (κ2) is 13.6. The van der Waals surface area contributed by atoms with E-state index in [0.717, 1.165) is 20.6 Å². The van der Waals surface area contributed by atoms with Crippen LogP contribution >= 0.6 is 31.9 Å². The van der Waals surface area contributed by atoms with Gasteiger partial charge in [0.05, 0.1) is 15.5 Å². The first-order chi connectivity index (χ1) is 14.6. The van der Waals surface area contributed by atoms with E-state index in [9.17, 15) is 9.59 Å². The number of hydrogen-bond donors (Lipinski definition) is 1. The molecule has 0 spiro atoms. The van der Waals surface area contributed by atoms with Gasteiger partial charge in [-0.2, -0.15) is 0 Å². The third-order valence-electron chi connectivity index (χ3n) is 4.52. The van der Waals surface area contributed by atoms with Crippen molar-refractivity contribution in [3.8, 4) is 5.75 Å². The highest BCUT2D eigenvalue weighted by atomic mass is 79.9. The van der Waals surface area contributed by atoms with Gasteiger partial charge in [-0.15, -0.1) is 0 Å². The topological polar surface area (TPSA) is 73.9 Å². The van der Waals surface area contributed by atoms with E-state index in [-0.39, 0.29) is 26.4 Å². The summed E-state index contributed by atoms with van der Waals surface area (Å²) in [5, 5.41) is 2.48. The summed E-state index contributed by atoms with van der Waals surface area (Å²) in [5.41, 5.74) is 3.82. The van der Waals surface area contributed by atoms with E-state index in [1.165, 1.54) is 11.1 Å². The Balaban J connectivity index is 2.64. The Morgan fingerprint density at radius 1 is 1.03 bits per heavy atom. The third-order valence-corrected chi connectivity index (χ3v) is 5.70. The average molecular weight is 561 g/mol. The summed E-state index contributed by atoms with van der Waals surface area (Å²) in [5.74, 6) is 0.957. The Bertz CT molecular complexity index is 795. The van der Waals surface area contributed by atoms with Crippen molar-refractivity contribution in [1.29, 1.82) is 0 Å². The fourth-order valence-electron chi connectivity index (χ4n) is 2.87. The van der Waals surface area contributed by atoms with Gasteiger partial charge in [0.2, 0.25) is 0 Å². The highest BCUT2D eigenvalue weighted by molar-refractivity contribution is 9.11. The van der Waals surface area contributed by atoms with Crippen LogP contribution in [0.4, 0.5) is 4.79 Å². The first kappa shape index (κ1) is 27.2. The molecular weight excluding hydrogens is 530 g/mol. The summed E-state index contributed by atoms with van der Waals surface area (Å²) in [7, 11) is 0. The number of esters is 1. The summed E-state index contributed by atoms with van der Waals surface area (Å²) in [4.78, 5) is 22.5. The molecule has 6 nitrogen and oxygen atoms in total. The lowest BCUT2D eigenvalue weighted by Crippen LogP contribution is -2.29. The molecule has 1 amide bonds. The van der Waals surface area contributed by atoms with Crippen molar-refractivity contribution in [2.45, 2.75) is 34.6 Å². The smallest absolute Gasteiger partial charge is 0.407 e. The second-order valence-corrected chi connectivity index (χ2v) is 9.17. The SMILES string of the molecule is C=CC(=O)OCCNC(=O)OCCOc1c(Br)cc(/C(=C(\C)C(C)C)C(C)C)cc1Br. The predicted octanol–water partition coefficient (Wildman–Crippen LogP) is 6.13. The standard InChI is InChI=1S/C23H31Br2NO5/c1-7-20(27)29-9-8-26-23(28)31-11-10-30-22-18(24)12-17(13-19(22)25)21(15(4)5)16(6)14(2)3/h7,12-15H,1,8-11H2,2-6H3,(H,26,28)/b21-16+. The van der Waals surface area contributed by atoms with Gasteiger partial charge in [0.1, 0.15) is 25.6 Å². The maximum Gasteiger partial charge on any atom is 0.407 e. The molecular formula is C23H31Br2NO5. The lowest BCUT2D eigenvalue weighted by Gasteiger charge is -2.21. The van der Waals surface area contributed by atoms with Crippen LogP contribution in [0.1, 0.15) is 40.2 Å². The van der Waals surface area contributed by atoms with Crippen LogP contribution in [0, 0.1) is 11.8 Å². The molecule has 0 unspecified atom stereocenters. The van der Waals surface area contributed by atoms with E-state index in [1.54, 1.807) is 0 Å². The van der Waals surface area contributed by atoms with Gasteiger partial charge in [-0.3, -0.25) is 0 Å². The number of alkyl carbamates (subject to hydrolysis) is 1. The van der Waals surface area contributed by atoms with Gasteiger partial charge in [0.25, 0.3) is 0 Å². The molecule has 0 heterocycles. The van der Waals surface area contributed by atoms with E-state index in [2.05, 4.69) is 90.5 Å². The second-order valence-electron chi connectivity index (χ2n) is 7.46. The zero-order valence-corrected chi connectivity index (χ0v) is 21.9. The van der Waals surface area contributed by atoms with Crippen molar-refractivity contribution in [3.05, 3.63) is 44.9 Å². The number of ether oxygens (including phenoxy) is 3. The van der Waals surface area contributed by atoms with Crippen molar-refractivity contribution in [2.75, 3.05) is 26.4 Å². The number of allylic oxidation sites excluding steroid dienone is 2. The largest absolute Gasteiger partial charge is 0.488 e. The number of carbonyl (C=O) groups excluding carboxylic acids is 2. The molecule has 0 fully saturated rings. The Labute approximate surface area is 201 Å². The zero-order valence-electron chi connectivity index (χ0n) is 18.7. The van der Waals surface area contributed by atoms with Gasteiger partial charge in [-0.05, 0) is 73.9 Å². The molecule has 0 aliphatic heterocycles. The number of amides is 1. The Kier molecular flexibility index (Phi) is 11.9. The van der Waals surface area contributed by atoms with Crippen LogP contribution < -0.4 is 10.1 Å². The number of nitrogens with one attached hydrogen (secondary N) is 1. The summed E-state index contributed by atoms with van der Waals surface area (Å²) < 4.78 is 17.2. The van der Waals surface area contributed by atoms with Crippen LogP contribution in [-0.2, 0) is 14.3 Å². The average Bonchev–Trinajstić information content (AvgIpc) is 2.69. The fourth-order valence-corrected chi connectivity index (χ4v) is 4.29. The van der Waals surface area contributed by atoms with Gasteiger partial charge in [0.15, 0.2) is 0 Å². The first-order valence-electron chi connectivity index (χ1n) is 10.1. The molecule has 0 radical (unpaired) electrons. The molecule has 1 N–H and O–H groups in total. The fraction of sp³-hybridized carbons (Fsp3) is 0.478. The molecule has 0 saturated heterocycles. The van der Waals surface area contributed by atoms with Gasteiger partial charge < -0.3 is 19.5 Å². The molecule has 1 rings (SSSR count). The number of carbonyl (C=O) groups is 2. The molecule has 172 valence electrons. The number of benzene rings is 1. The molecule has 8 heteroatoms. The van der Waals surface area contributed by atoms with Crippen LogP contribution in [0.3, 0.4) is 0 Å². The van der Waals surface area contributed by atoms with E-state index in [1.807, 2.05) is 0 Å². The molecule has 1 aromatic carbocycles. The minimum atomic E-state index is -0.609. The van der Waals surface area contributed by atoms with Crippen molar-refractivity contribution in [1.82, 2.24) is 5.32 Å². The zero-order chi connectivity index (χ0) is 23.6. The quantitative estimate of drug-likeness (QED) is 0.200. The summed E-state index contributed by atoms with van der Waals surface area (Å²) >= 11 is 7.19.